The number of hydrogen-bond acceptors (Lipinski definition) is 6. The predicted octanol–water partition coefficient (Wildman–Crippen LogP) is 2.87. The molecule has 9 nitrogen and oxygen atoms in total. The van der Waals surface area contributed by atoms with Gasteiger partial charge in [0, 0.05) is 18.2 Å². The highest BCUT2D eigenvalue weighted by molar-refractivity contribution is 5.94. The van der Waals surface area contributed by atoms with E-state index in [0.717, 1.165) is 0 Å². The van der Waals surface area contributed by atoms with Crippen LogP contribution in [0.25, 0.3) is 5.69 Å². The first-order valence-electron chi connectivity index (χ1n) is 8.52. The van der Waals surface area contributed by atoms with Crippen LogP contribution in [0, 0.1) is 17.0 Å². The van der Waals surface area contributed by atoms with Gasteiger partial charge in [0.2, 0.25) is 6.10 Å². The molecule has 1 atom stereocenters. The summed E-state index contributed by atoms with van der Waals surface area (Å²) in [4.78, 5) is 23.0. The summed E-state index contributed by atoms with van der Waals surface area (Å²) < 4.78 is 12.8. The van der Waals surface area contributed by atoms with Gasteiger partial charge in [-0.15, -0.1) is 0 Å². The van der Waals surface area contributed by atoms with Crippen LogP contribution in [0.3, 0.4) is 0 Å². The number of rotatable bonds is 4. The number of hydrogen-bond donors (Lipinski definition) is 1. The van der Waals surface area contributed by atoms with E-state index in [4.69, 9.17) is 9.47 Å². The van der Waals surface area contributed by atoms with Gasteiger partial charge < -0.3 is 14.8 Å². The highest BCUT2D eigenvalue weighted by atomic mass is 16.6. The summed E-state index contributed by atoms with van der Waals surface area (Å²) in [5, 5.41) is 18.0. The molecule has 2 heterocycles. The van der Waals surface area contributed by atoms with E-state index < -0.39 is 11.0 Å². The molecule has 1 N–H and O–H groups in total. The first-order chi connectivity index (χ1) is 13.5. The summed E-state index contributed by atoms with van der Waals surface area (Å²) in [7, 11) is 0. The van der Waals surface area contributed by atoms with Gasteiger partial charge in [0.1, 0.15) is 12.4 Å². The van der Waals surface area contributed by atoms with Crippen molar-refractivity contribution in [1.29, 1.82) is 0 Å². The molecule has 9 heteroatoms. The van der Waals surface area contributed by atoms with Crippen molar-refractivity contribution >= 4 is 17.4 Å². The summed E-state index contributed by atoms with van der Waals surface area (Å²) in [5.74, 6) is 1.16. The number of amides is 1. The number of nitrogens with one attached hydrogen (secondary N) is 1. The first-order valence-corrected chi connectivity index (χ1v) is 8.52. The molecular formula is C19H16N4O5. The third-order valence-corrected chi connectivity index (χ3v) is 4.19. The minimum Gasteiger partial charge on any atom is -0.485 e. The van der Waals surface area contributed by atoms with E-state index in [2.05, 4.69) is 10.4 Å². The quantitative estimate of drug-likeness (QED) is 0.551. The first kappa shape index (κ1) is 17.5. The van der Waals surface area contributed by atoms with Crippen molar-refractivity contribution in [2.24, 2.45) is 0 Å². The Hall–Kier alpha value is -3.88. The standard InChI is InChI=1S/C19H16N4O5/c1-12-10-18(22(21-12)13-6-8-14(9-7-13)23(25)26)20-19(24)17-11-27-15-4-2-3-5-16(15)28-17/h2-10,17H,11H2,1H3,(H,20,24). The number of nitro benzene ring substituents is 1. The van der Waals surface area contributed by atoms with Gasteiger partial charge in [-0.25, -0.2) is 4.68 Å². The lowest BCUT2D eigenvalue weighted by atomic mass is 10.2. The van der Waals surface area contributed by atoms with Crippen molar-refractivity contribution in [3.63, 3.8) is 0 Å². The molecule has 1 aromatic heterocycles. The number of aryl methyl sites for hydroxylation is 1. The fraction of sp³-hybridized carbons (Fsp3) is 0.158. The second kappa shape index (κ2) is 7.03. The number of nitro groups is 1. The van der Waals surface area contributed by atoms with E-state index >= 15 is 0 Å². The molecule has 1 unspecified atom stereocenters. The van der Waals surface area contributed by atoms with Crippen molar-refractivity contribution in [1.82, 2.24) is 9.78 Å². The van der Waals surface area contributed by atoms with Crippen LogP contribution in [0.15, 0.2) is 54.6 Å². The van der Waals surface area contributed by atoms with E-state index in [0.29, 0.717) is 28.7 Å². The molecule has 0 saturated carbocycles. The molecular weight excluding hydrogens is 364 g/mol. The Labute approximate surface area is 159 Å². The molecule has 0 radical (unpaired) electrons. The topological polar surface area (TPSA) is 109 Å². The van der Waals surface area contributed by atoms with Gasteiger partial charge in [-0.3, -0.25) is 14.9 Å². The predicted molar refractivity (Wildman–Crippen MR) is 99.9 cm³/mol. The van der Waals surface area contributed by atoms with Crippen LogP contribution in [0.1, 0.15) is 5.69 Å². The van der Waals surface area contributed by atoms with Crippen LogP contribution in [-0.2, 0) is 4.79 Å². The largest absolute Gasteiger partial charge is 0.485 e. The van der Waals surface area contributed by atoms with E-state index in [1.807, 2.05) is 6.07 Å². The average Bonchev–Trinajstić information content (AvgIpc) is 3.07. The molecule has 1 aliphatic rings. The van der Waals surface area contributed by atoms with Crippen LogP contribution in [0.2, 0.25) is 0 Å². The number of carbonyl (C=O) groups is 1. The minimum atomic E-state index is -0.810. The molecule has 28 heavy (non-hydrogen) atoms. The summed E-state index contributed by atoms with van der Waals surface area (Å²) in [5.41, 5.74) is 1.24. The number of non-ortho nitro benzene ring substituents is 1. The monoisotopic (exact) mass is 380 g/mol. The Morgan fingerprint density at radius 1 is 1.21 bits per heavy atom. The maximum absolute atomic E-state index is 12.7. The summed E-state index contributed by atoms with van der Waals surface area (Å²) in [6.07, 6.45) is -0.810. The molecule has 0 saturated heterocycles. The normalized spacial score (nSPS) is 15.1. The maximum atomic E-state index is 12.7. The van der Waals surface area contributed by atoms with Gasteiger partial charge in [0.05, 0.1) is 16.3 Å². The van der Waals surface area contributed by atoms with Gasteiger partial charge in [-0.1, -0.05) is 12.1 Å². The number of nitrogens with zero attached hydrogens (tertiary/aromatic N) is 3. The Bertz CT molecular complexity index is 1040. The maximum Gasteiger partial charge on any atom is 0.270 e. The molecule has 1 aliphatic heterocycles. The average molecular weight is 380 g/mol. The molecule has 0 spiro atoms. The van der Waals surface area contributed by atoms with Crippen molar-refractivity contribution in [2.75, 3.05) is 11.9 Å². The molecule has 2 aromatic carbocycles. The van der Waals surface area contributed by atoms with E-state index in [1.165, 1.54) is 16.8 Å². The Morgan fingerprint density at radius 2 is 1.93 bits per heavy atom. The number of fused-ring (bicyclic) bond motifs is 1. The summed E-state index contributed by atoms with van der Waals surface area (Å²) in [6, 6.07) is 14.7. The number of anilines is 1. The van der Waals surface area contributed by atoms with Crippen LogP contribution in [0.5, 0.6) is 11.5 Å². The molecule has 142 valence electrons. The zero-order valence-corrected chi connectivity index (χ0v) is 14.9. The lowest BCUT2D eigenvalue weighted by Gasteiger charge is -2.25. The van der Waals surface area contributed by atoms with Crippen molar-refractivity contribution in [2.45, 2.75) is 13.0 Å². The second-order valence-electron chi connectivity index (χ2n) is 6.21. The lowest BCUT2D eigenvalue weighted by Crippen LogP contribution is -2.40. The number of aromatic nitrogens is 2. The van der Waals surface area contributed by atoms with E-state index in [9.17, 15) is 14.9 Å². The number of benzene rings is 2. The molecule has 3 aromatic rings. The minimum absolute atomic E-state index is 0.0235. The number of carbonyl (C=O) groups excluding carboxylic acids is 1. The lowest BCUT2D eigenvalue weighted by molar-refractivity contribution is -0.384. The van der Waals surface area contributed by atoms with Crippen molar-refractivity contribution in [3.8, 4) is 17.2 Å². The Morgan fingerprint density at radius 3 is 2.64 bits per heavy atom. The second-order valence-corrected chi connectivity index (χ2v) is 6.21. The van der Waals surface area contributed by atoms with Crippen LogP contribution in [-0.4, -0.2) is 33.3 Å². The van der Waals surface area contributed by atoms with E-state index in [-0.39, 0.29) is 18.2 Å². The SMILES string of the molecule is Cc1cc(NC(=O)C2COc3ccccc3O2)n(-c2ccc([N+](=O)[O-])cc2)n1. The summed E-state index contributed by atoms with van der Waals surface area (Å²) >= 11 is 0. The molecule has 4 rings (SSSR count). The zero-order chi connectivity index (χ0) is 19.7. The van der Waals surface area contributed by atoms with Gasteiger partial charge in [0.15, 0.2) is 11.5 Å². The van der Waals surface area contributed by atoms with Crippen LogP contribution < -0.4 is 14.8 Å². The van der Waals surface area contributed by atoms with Crippen molar-refractivity contribution in [3.05, 3.63) is 70.4 Å². The van der Waals surface area contributed by atoms with Gasteiger partial charge in [-0.05, 0) is 31.2 Å². The third-order valence-electron chi connectivity index (χ3n) is 4.19. The van der Waals surface area contributed by atoms with Crippen LogP contribution in [0.4, 0.5) is 11.5 Å². The number of ether oxygens (including phenoxy) is 2. The van der Waals surface area contributed by atoms with Gasteiger partial charge in [0.25, 0.3) is 11.6 Å². The Balaban J connectivity index is 1.54. The Kier molecular flexibility index (Phi) is 4.40. The highest BCUT2D eigenvalue weighted by Crippen LogP contribution is 2.31. The van der Waals surface area contributed by atoms with Gasteiger partial charge >= 0.3 is 0 Å². The van der Waals surface area contributed by atoms with E-state index in [1.54, 1.807) is 43.3 Å². The fourth-order valence-electron chi connectivity index (χ4n) is 2.86. The molecule has 1 amide bonds. The third kappa shape index (κ3) is 3.37. The summed E-state index contributed by atoms with van der Waals surface area (Å²) in [6.45, 7) is 1.88. The van der Waals surface area contributed by atoms with Crippen molar-refractivity contribution < 1.29 is 19.2 Å². The molecule has 0 aliphatic carbocycles. The molecule has 0 bridgehead atoms. The fourth-order valence-corrected chi connectivity index (χ4v) is 2.86. The van der Waals surface area contributed by atoms with Crippen LogP contribution >= 0.6 is 0 Å². The smallest absolute Gasteiger partial charge is 0.270 e. The highest BCUT2D eigenvalue weighted by Gasteiger charge is 2.28. The zero-order valence-electron chi connectivity index (χ0n) is 14.9. The molecule has 0 fully saturated rings. The van der Waals surface area contributed by atoms with Gasteiger partial charge in [-0.2, -0.15) is 5.10 Å². The number of para-hydroxylation sites is 2.